The highest BCUT2D eigenvalue weighted by Crippen LogP contribution is 2.30. The van der Waals surface area contributed by atoms with E-state index in [4.69, 9.17) is 0 Å². The molecule has 0 bridgehead atoms. The molecule has 0 saturated carbocycles. The van der Waals surface area contributed by atoms with E-state index in [9.17, 15) is 4.79 Å². The number of hydrogen-bond acceptors (Lipinski definition) is 2. The van der Waals surface area contributed by atoms with Crippen LogP contribution >= 0.6 is 24.0 Å². The van der Waals surface area contributed by atoms with E-state index in [2.05, 4.69) is 45.2 Å². The van der Waals surface area contributed by atoms with Gasteiger partial charge in [-0.2, -0.15) is 0 Å². The molecule has 0 fully saturated rings. The number of aryl methyl sites for hydroxylation is 1. The Morgan fingerprint density at radius 3 is 2.76 bits per heavy atom. The maximum Gasteiger partial charge on any atom is 0.251 e. The van der Waals surface area contributed by atoms with Crippen molar-refractivity contribution >= 4 is 35.8 Å². The number of fused-ring (bicyclic) bond motifs is 1. The minimum atomic E-state index is -0.0555. The number of rotatable bonds is 6. The Morgan fingerprint density at radius 1 is 1.14 bits per heavy atom. The Balaban J connectivity index is 0.00000300. The van der Waals surface area contributed by atoms with Gasteiger partial charge in [-0.1, -0.05) is 36.4 Å². The van der Waals surface area contributed by atoms with E-state index in [1.807, 2.05) is 24.3 Å². The number of halogens is 1. The van der Waals surface area contributed by atoms with Crippen LogP contribution in [0.25, 0.3) is 0 Å². The predicted molar refractivity (Wildman–Crippen MR) is 130 cm³/mol. The van der Waals surface area contributed by atoms with Crippen molar-refractivity contribution in [2.45, 2.75) is 31.6 Å². The molecule has 1 atom stereocenters. The monoisotopic (exact) mass is 506 g/mol. The van der Waals surface area contributed by atoms with Crippen molar-refractivity contribution < 1.29 is 4.79 Å². The van der Waals surface area contributed by atoms with Crippen molar-refractivity contribution in [3.63, 3.8) is 0 Å². The van der Waals surface area contributed by atoms with E-state index < -0.39 is 0 Å². The number of nitrogens with zero attached hydrogens (tertiary/aromatic N) is 1. The van der Waals surface area contributed by atoms with Gasteiger partial charge in [0.2, 0.25) is 0 Å². The molecular formula is C23H31IN4O. The lowest BCUT2D eigenvalue weighted by Crippen LogP contribution is -2.40. The third-order valence-corrected chi connectivity index (χ3v) is 5.36. The van der Waals surface area contributed by atoms with Crippen molar-refractivity contribution in [3.05, 3.63) is 70.8 Å². The quantitative estimate of drug-likeness (QED) is 0.319. The molecule has 29 heavy (non-hydrogen) atoms. The van der Waals surface area contributed by atoms with Crippen LogP contribution in [0.4, 0.5) is 0 Å². The van der Waals surface area contributed by atoms with Crippen molar-refractivity contribution in [1.29, 1.82) is 0 Å². The molecule has 0 aliphatic heterocycles. The molecule has 1 unspecified atom stereocenters. The molecule has 5 nitrogen and oxygen atoms in total. The van der Waals surface area contributed by atoms with Crippen molar-refractivity contribution in [3.8, 4) is 0 Å². The maximum absolute atomic E-state index is 11.8. The van der Waals surface area contributed by atoms with Gasteiger partial charge in [-0.3, -0.25) is 9.79 Å². The number of carbonyl (C=O) groups excluding carboxylic acids is 1. The summed E-state index contributed by atoms with van der Waals surface area (Å²) in [7, 11) is 3.45. The summed E-state index contributed by atoms with van der Waals surface area (Å²) in [6.07, 6.45) is 4.48. The number of nitrogens with one attached hydrogen (secondary N) is 3. The molecule has 2 aromatic carbocycles. The molecule has 0 spiro atoms. The predicted octanol–water partition coefficient (Wildman–Crippen LogP) is 3.49. The number of carbonyl (C=O) groups is 1. The zero-order valence-corrected chi connectivity index (χ0v) is 19.5. The van der Waals surface area contributed by atoms with E-state index in [0.717, 1.165) is 31.0 Å². The van der Waals surface area contributed by atoms with Gasteiger partial charge in [-0.25, -0.2) is 0 Å². The fraction of sp³-hybridized carbons (Fsp3) is 0.391. The molecule has 6 heteroatoms. The fourth-order valence-corrected chi connectivity index (χ4v) is 3.84. The molecular weight excluding hydrogens is 475 g/mol. The van der Waals surface area contributed by atoms with Gasteiger partial charge >= 0.3 is 0 Å². The van der Waals surface area contributed by atoms with E-state index in [-0.39, 0.29) is 29.9 Å². The molecule has 0 heterocycles. The standard InChI is InChI=1S/C23H30N4O.HI/c1-24-22(28)19-10-5-7-17(15-19)13-14-26-23(25-2)27-16-20-11-6-9-18-8-3-4-12-21(18)20;/h3-5,7-8,10,12,15,20H,6,9,11,13-14,16H2,1-2H3,(H,24,28)(H2,25,26,27);1H. The average Bonchev–Trinajstić information content (AvgIpc) is 2.75. The third-order valence-electron chi connectivity index (χ3n) is 5.36. The Labute approximate surface area is 190 Å². The highest BCUT2D eigenvalue weighted by Gasteiger charge is 2.19. The van der Waals surface area contributed by atoms with Crippen molar-refractivity contribution in [2.24, 2.45) is 4.99 Å². The number of hydrogen-bond donors (Lipinski definition) is 3. The molecule has 0 aromatic heterocycles. The minimum Gasteiger partial charge on any atom is -0.356 e. The van der Waals surface area contributed by atoms with Crippen LogP contribution in [0, 0.1) is 0 Å². The summed E-state index contributed by atoms with van der Waals surface area (Å²) in [4.78, 5) is 16.1. The van der Waals surface area contributed by atoms with Crippen LogP contribution in [0.15, 0.2) is 53.5 Å². The van der Waals surface area contributed by atoms with Gasteiger partial charge < -0.3 is 16.0 Å². The van der Waals surface area contributed by atoms with Crippen LogP contribution in [0.3, 0.4) is 0 Å². The van der Waals surface area contributed by atoms with Gasteiger partial charge in [0.05, 0.1) is 0 Å². The second-order valence-electron chi connectivity index (χ2n) is 7.20. The minimum absolute atomic E-state index is 0. The van der Waals surface area contributed by atoms with Crippen LogP contribution in [-0.2, 0) is 12.8 Å². The largest absolute Gasteiger partial charge is 0.356 e. The molecule has 0 radical (unpaired) electrons. The molecule has 1 aliphatic rings. The number of aliphatic imine (C=N–C) groups is 1. The van der Waals surface area contributed by atoms with Gasteiger partial charge in [-0.05, 0) is 54.5 Å². The second kappa shape index (κ2) is 11.8. The Bertz CT molecular complexity index is 837. The van der Waals surface area contributed by atoms with Gasteiger partial charge in [-0.15, -0.1) is 24.0 Å². The summed E-state index contributed by atoms with van der Waals surface area (Å²) in [6, 6.07) is 16.5. The van der Waals surface area contributed by atoms with Crippen LogP contribution in [-0.4, -0.2) is 39.1 Å². The van der Waals surface area contributed by atoms with Gasteiger partial charge in [0.1, 0.15) is 0 Å². The molecule has 1 aliphatic carbocycles. The maximum atomic E-state index is 11.8. The van der Waals surface area contributed by atoms with Gasteiger partial charge in [0.15, 0.2) is 5.96 Å². The Hall–Kier alpha value is -2.09. The second-order valence-corrected chi connectivity index (χ2v) is 7.20. The lowest BCUT2D eigenvalue weighted by Gasteiger charge is -2.26. The highest BCUT2D eigenvalue weighted by molar-refractivity contribution is 14.0. The summed E-state index contributed by atoms with van der Waals surface area (Å²) >= 11 is 0. The lowest BCUT2D eigenvalue weighted by atomic mass is 9.83. The summed E-state index contributed by atoms with van der Waals surface area (Å²) < 4.78 is 0. The Morgan fingerprint density at radius 2 is 1.97 bits per heavy atom. The summed E-state index contributed by atoms with van der Waals surface area (Å²) in [6.45, 7) is 1.65. The SMILES string of the molecule is CN=C(NCCc1cccc(C(=O)NC)c1)NCC1CCCc2ccccc21.I. The molecule has 0 saturated heterocycles. The fourth-order valence-electron chi connectivity index (χ4n) is 3.84. The van der Waals surface area contributed by atoms with Crippen molar-refractivity contribution in [1.82, 2.24) is 16.0 Å². The first-order chi connectivity index (χ1) is 13.7. The molecule has 3 rings (SSSR count). The number of amides is 1. The molecule has 156 valence electrons. The van der Waals surface area contributed by atoms with Crippen LogP contribution in [0.1, 0.15) is 45.8 Å². The van der Waals surface area contributed by atoms with E-state index in [1.54, 1.807) is 14.1 Å². The van der Waals surface area contributed by atoms with Crippen LogP contribution in [0.2, 0.25) is 0 Å². The van der Waals surface area contributed by atoms with Crippen molar-refractivity contribution in [2.75, 3.05) is 27.2 Å². The first-order valence-corrected chi connectivity index (χ1v) is 10.0. The smallest absolute Gasteiger partial charge is 0.251 e. The van der Waals surface area contributed by atoms with Crippen LogP contribution < -0.4 is 16.0 Å². The molecule has 2 aromatic rings. The zero-order valence-electron chi connectivity index (χ0n) is 17.2. The van der Waals surface area contributed by atoms with Gasteiger partial charge in [0, 0.05) is 38.7 Å². The van der Waals surface area contributed by atoms with E-state index in [0.29, 0.717) is 11.5 Å². The van der Waals surface area contributed by atoms with Crippen LogP contribution in [0.5, 0.6) is 0 Å². The summed E-state index contributed by atoms with van der Waals surface area (Å²) in [5.41, 5.74) is 4.78. The van der Waals surface area contributed by atoms with E-state index in [1.165, 1.54) is 30.4 Å². The average molecular weight is 506 g/mol. The third kappa shape index (κ3) is 6.45. The molecule has 1 amide bonds. The van der Waals surface area contributed by atoms with E-state index >= 15 is 0 Å². The first kappa shape index (κ1) is 23.2. The number of benzene rings is 2. The normalized spacial score (nSPS) is 15.7. The first-order valence-electron chi connectivity index (χ1n) is 10.0. The summed E-state index contributed by atoms with van der Waals surface area (Å²) in [5, 5.41) is 9.53. The zero-order chi connectivity index (χ0) is 19.8. The molecule has 3 N–H and O–H groups in total. The highest BCUT2D eigenvalue weighted by atomic mass is 127. The topological polar surface area (TPSA) is 65.5 Å². The lowest BCUT2D eigenvalue weighted by molar-refractivity contribution is 0.0963. The Kier molecular flexibility index (Phi) is 9.44. The summed E-state index contributed by atoms with van der Waals surface area (Å²) in [5.74, 6) is 1.30. The number of guanidine groups is 1. The van der Waals surface area contributed by atoms with Gasteiger partial charge in [0.25, 0.3) is 5.91 Å².